The first-order valence-electron chi connectivity index (χ1n) is 3.59. The first kappa shape index (κ1) is 11.0. The van der Waals surface area contributed by atoms with E-state index < -0.39 is 34.3 Å². The van der Waals surface area contributed by atoms with Gasteiger partial charge in [0.1, 0.15) is 11.9 Å². The number of carbonyl (C=O) groups is 1. The molecular formula is C7H4F2N2O4. The Hall–Kier alpha value is -2.12. The molecule has 0 unspecified atom stereocenters. The Morgan fingerprint density at radius 3 is 2.60 bits per heavy atom. The lowest BCUT2D eigenvalue weighted by molar-refractivity contribution is -0.386. The number of hydrogen-bond donors (Lipinski definition) is 1. The second-order valence-electron chi connectivity index (χ2n) is 2.49. The molecule has 0 aliphatic rings. The SMILES string of the molecule is O=C(O)c1cc(C(F)F)c([N+](=O)[O-])cn1. The molecule has 0 aliphatic heterocycles. The summed E-state index contributed by atoms with van der Waals surface area (Å²) in [7, 11) is 0. The molecule has 0 aliphatic carbocycles. The molecule has 0 atom stereocenters. The van der Waals surface area contributed by atoms with Gasteiger partial charge in [-0.3, -0.25) is 10.1 Å². The van der Waals surface area contributed by atoms with Crippen LogP contribution in [0.1, 0.15) is 22.5 Å². The molecule has 0 saturated heterocycles. The lowest BCUT2D eigenvalue weighted by atomic mass is 10.2. The summed E-state index contributed by atoms with van der Waals surface area (Å²) in [5.41, 5.74) is -2.50. The smallest absolute Gasteiger partial charge is 0.354 e. The maximum Gasteiger partial charge on any atom is 0.354 e. The van der Waals surface area contributed by atoms with Crippen molar-refractivity contribution in [1.29, 1.82) is 0 Å². The zero-order valence-electron chi connectivity index (χ0n) is 7.05. The average molecular weight is 218 g/mol. The quantitative estimate of drug-likeness (QED) is 0.614. The molecule has 0 amide bonds. The van der Waals surface area contributed by atoms with E-state index in [1.165, 1.54) is 0 Å². The number of carboxylic acid groups (broad SMARTS) is 1. The lowest BCUT2D eigenvalue weighted by Gasteiger charge is -2.01. The van der Waals surface area contributed by atoms with E-state index in [0.29, 0.717) is 12.3 Å². The molecule has 1 heterocycles. The number of alkyl halides is 2. The zero-order valence-corrected chi connectivity index (χ0v) is 7.05. The Morgan fingerprint density at radius 1 is 1.60 bits per heavy atom. The Labute approximate surface area is 81.3 Å². The molecule has 80 valence electrons. The molecule has 6 nitrogen and oxygen atoms in total. The van der Waals surface area contributed by atoms with Gasteiger partial charge in [-0.1, -0.05) is 0 Å². The van der Waals surface area contributed by atoms with Crippen molar-refractivity contribution in [2.45, 2.75) is 6.43 Å². The van der Waals surface area contributed by atoms with Crippen LogP contribution >= 0.6 is 0 Å². The summed E-state index contributed by atoms with van der Waals surface area (Å²) in [6.07, 6.45) is -2.61. The first-order valence-corrected chi connectivity index (χ1v) is 3.59. The monoisotopic (exact) mass is 218 g/mol. The van der Waals surface area contributed by atoms with Gasteiger partial charge in [-0.2, -0.15) is 0 Å². The van der Waals surface area contributed by atoms with Crippen LogP contribution < -0.4 is 0 Å². The van der Waals surface area contributed by atoms with Crippen molar-refractivity contribution >= 4 is 11.7 Å². The summed E-state index contributed by atoms with van der Waals surface area (Å²) in [5.74, 6) is -1.52. The summed E-state index contributed by atoms with van der Waals surface area (Å²) in [6, 6.07) is 0.491. The van der Waals surface area contributed by atoms with Crippen molar-refractivity contribution in [1.82, 2.24) is 4.98 Å². The Morgan fingerprint density at radius 2 is 2.20 bits per heavy atom. The van der Waals surface area contributed by atoms with E-state index in [2.05, 4.69) is 4.98 Å². The fourth-order valence-electron chi connectivity index (χ4n) is 0.908. The highest BCUT2D eigenvalue weighted by atomic mass is 19.3. The number of aromatic carboxylic acids is 1. The van der Waals surface area contributed by atoms with E-state index in [9.17, 15) is 23.7 Å². The second kappa shape index (κ2) is 3.95. The van der Waals surface area contributed by atoms with Crippen molar-refractivity contribution in [3.63, 3.8) is 0 Å². The maximum absolute atomic E-state index is 12.3. The van der Waals surface area contributed by atoms with E-state index in [1.807, 2.05) is 0 Å². The molecule has 0 radical (unpaired) electrons. The van der Waals surface area contributed by atoms with Gasteiger partial charge in [0, 0.05) is 0 Å². The average Bonchev–Trinajstić information content (AvgIpc) is 2.16. The van der Waals surface area contributed by atoms with E-state index >= 15 is 0 Å². The summed E-state index contributed by atoms with van der Waals surface area (Å²) in [6.45, 7) is 0. The third-order valence-corrected chi connectivity index (χ3v) is 1.56. The van der Waals surface area contributed by atoms with Gasteiger partial charge in [0.2, 0.25) is 0 Å². The number of pyridine rings is 1. The van der Waals surface area contributed by atoms with Crippen LogP contribution in [0.5, 0.6) is 0 Å². The van der Waals surface area contributed by atoms with Crippen LogP contribution in [0.25, 0.3) is 0 Å². The molecule has 0 fully saturated rings. The highest BCUT2D eigenvalue weighted by molar-refractivity contribution is 5.85. The molecule has 1 N–H and O–H groups in total. The fraction of sp³-hybridized carbons (Fsp3) is 0.143. The van der Waals surface area contributed by atoms with Crippen molar-refractivity contribution < 1.29 is 23.6 Å². The van der Waals surface area contributed by atoms with Crippen molar-refractivity contribution in [2.75, 3.05) is 0 Å². The van der Waals surface area contributed by atoms with E-state index in [4.69, 9.17) is 5.11 Å². The molecular weight excluding hydrogens is 214 g/mol. The number of carboxylic acids is 1. The van der Waals surface area contributed by atoms with Gasteiger partial charge in [0.05, 0.1) is 10.5 Å². The van der Waals surface area contributed by atoms with Crippen LogP contribution in [0.4, 0.5) is 14.5 Å². The van der Waals surface area contributed by atoms with Gasteiger partial charge in [-0.25, -0.2) is 18.6 Å². The number of nitrogens with zero attached hydrogens (tertiary/aromatic N) is 2. The number of aromatic nitrogens is 1. The number of halogens is 2. The molecule has 0 spiro atoms. The molecule has 0 bridgehead atoms. The molecule has 1 rings (SSSR count). The summed E-state index contributed by atoms with van der Waals surface area (Å²) < 4.78 is 24.6. The minimum Gasteiger partial charge on any atom is -0.477 e. The number of rotatable bonds is 3. The zero-order chi connectivity index (χ0) is 11.6. The van der Waals surface area contributed by atoms with E-state index in [-0.39, 0.29) is 0 Å². The number of hydrogen-bond acceptors (Lipinski definition) is 4. The highest BCUT2D eigenvalue weighted by Gasteiger charge is 2.24. The Balaban J connectivity index is 3.33. The highest BCUT2D eigenvalue weighted by Crippen LogP contribution is 2.28. The van der Waals surface area contributed by atoms with Gasteiger partial charge < -0.3 is 5.11 Å². The van der Waals surface area contributed by atoms with E-state index in [0.717, 1.165) is 0 Å². The second-order valence-corrected chi connectivity index (χ2v) is 2.49. The third-order valence-electron chi connectivity index (χ3n) is 1.56. The predicted octanol–water partition coefficient (Wildman–Crippen LogP) is 1.63. The molecule has 0 saturated carbocycles. The van der Waals surface area contributed by atoms with Gasteiger partial charge in [-0.05, 0) is 6.07 Å². The van der Waals surface area contributed by atoms with Gasteiger partial charge >= 0.3 is 5.97 Å². The van der Waals surface area contributed by atoms with Crippen LogP contribution in [0.15, 0.2) is 12.3 Å². The van der Waals surface area contributed by atoms with Crippen molar-refractivity contribution in [3.05, 3.63) is 33.6 Å². The van der Waals surface area contributed by atoms with Crippen LogP contribution in [0, 0.1) is 10.1 Å². The summed E-state index contributed by atoms with van der Waals surface area (Å²) >= 11 is 0. The standard InChI is InChI=1S/C7H4F2N2O4/c8-6(9)3-1-4(7(12)13)10-2-5(3)11(14)15/h1-2,6H,(H,12,13). The Bertz CT molecular complexity index is 421. The fourth-order valence-corrected chi connectivity index (χ4v) is 0.908. The first-order chi connectivity index (χ1) is 6.93. The normalized spacial score (nSPS) is 10.3. The minimum absolute atomic E-state index is 0.491. The van der Waals surface area contributed by atoms with Crippen LogP contribution in [-0.4, -0.2) is 21.0 Å². The minimum atomic E-state index is -3.12. The number of nitro groups is 1. The topological polar surface area (TPSA) is 93.3 Å². The lowest BCUT2D eigenvalue weighted by Crippen LogP contribution is -2.04. The van der Waals surface area contributed by atoms with Crippen molar-refractivity contribution in [2.24, 2.45) is 0 Å². The summed E-state index contributed by atoms with van der Waals surface area (Å²) in [4.78, 5) is 22.8. The predicted molar refractivity (Wildman–Crippen MR) is 42.8 cm³/mol. The van der Waals surface area contributed by atoms with Gasteiger partial charge in [0.15, 0.2) is 0 Å². The molecule has 8 heteroatoms. The van der Waals surface area contributed by atoms with E-state index in [1.54, 1.807) is 0 Å². The maximum atomic E-state index is 12.3. The van der Waals surface area contributed by atoms with Crippen LogP contribution in [0.2, 0.25) is 0 Å². The molecule has 15 heavy (non-hydrogen) atoms. The van der Waals surface area contributed by atoms with Crippen LogP contribution in [0.3, 0.4) is 0 Å². The molecule has 1 aromatic heterocycles. The third kappa shape index (κ3) is 2.22. The summed E-state index contributed by atoms with van der Waals surface area (Å²) in [5, 5.41) is 18.7. The van der Waals surface area contributed by atoms with Gasteiger partial charge in [0.25, 0.3) is 12.1 Å². The molecule has 0 aromatic carbocycles. The van der Waals surface area contributed by atoms with Gasteiger partial charge in [-0.15, -0.1) is 0 Å². The molecule has 1 aromatic rings. The Kier molecular flexibility index (Phi) is 2.88. The van der Waals surface area contributed by atoms with Crippen molar-refractivity contribution in [3.8, 4) is 0 Å². The largest absolute Gasteiger partial charge is 0.477 e. The van der Waals surface area contributed by atoms with Crippen LogP contribution in [-0.2, 0) is 0 Å².